The van der Waals surface area contributed by atoms with Gasteiger partial charge in [0.2, 0.25) is 5.88 Å². The predicted octanol–water partition coefficient (Wildman–Crippen LogP) is 5.96. The first-order chi connectivity index (χ1) is 13.5. The van der Waals surface area contributed by atoms with E-state index in [1.165, 1.54) is 5.57 Å². The molecule has 1 aliphatic rings. The molecule has 4 nitrogen and oxygen atoms in total. The van der Waals surface area contributed by atoms with E-state index in [0.717, 1.165) is 24.2 Å². The van der Waals surface area contributed by atoms with Gasteiger partial charge in [0.25, 0.3) is 0 Å². The van der Waals surface area contributed by atoms with Crippen LogP contribution in [-0.4, -0.2) is 24.0 Å². The molecular weight excluding hydrogens is 374 g/mol. The number of nitrogens with zero attached hydrogens (tertiary/aromatic N) is 1. The standard InChI is InChI=1S/C23H24ClNO3/c1-16(13-17(2)26)3-4-18-5-8-23(25-15-18)28-22-7-6-20(14-21(22)24)19-9-11-27-12-10-19/h3-9,14-16H,10-13H2,1-2H3/b4-3+/t16-/m0/s1. The minimum atomic E-state index is 0.190. The van der Waals surface area contributed by atoms with E-state index in [0.29, 0.717) is 29.7 Å². The van der Waals surface area contributed by atoms with Crippen LogP contribution in [0.1, 0.15) is 37.8 Å². The van der Waals surface area contributed by atoms with Gasteiger partial charge >= 0.3 is 0 Å². The summed E-state index contributed by atoms with van der Waals surface area (Å²) in [7, 11) is 0. The molecule has 146 valence electrons. The fraction of sp³-hybridized carbons (Fsp3) is 0.304. The Morgan fingerprint density at radius 3 is 2.86 bits per heavy atom. The van der Waals surface area contributed by atoms with Crippen LogP contribution >= 0.6 is 11.6 Å². The van der Waals surface area contributed by atoms with Gasteiger partial charge in [-0.1, -0.05) is 42.8 Å². The molecule has 1 atom stereocenters. The fourth-order valence-electron chi connectivity index (χ4n) is 3.03. The highest BCUT2D eigenvalue weighted by atomic mass is 35.5. The molecular formula is C23H24ClNO3. The molecule has 0 spiro atoms. The Labute approximate surface area is 170 Å². The van der Waals surface area contributed by atoms with E-state index in [1.54, 1.807) is 19.2 Å². The third kappa shape index (κ3) is 5.78. The summed E-state index contributed by atoms with van der Waals surface area (Å²) in [5.74, 6) is 1.45. The first-order valence-electron chi connectivity index (χ1n) is 9.39. The Kier molecular flexibility index (Phi) is 7.01. The summed E-state index contributed by atoms with van der Waals surface area (Å²) in [6.45, 7) is 5.00. The van der Waals surface area contributed by atoms with Crippen molar-refractivity contribution in [1.82, 2.24) is 4.98 Å². The van der Waals surface area contributed by atoms with Gasteiger partial charge in [0, 0.05) is 18.7 Å². The number of halogens is 1. The molecule has 2 heterocycles. The van der Waals surface area contributed by atoms with Gasteiger partial charge in [-0.2, -0.15) is 0 Å². The van der Waals surface area contributed by atoms with Crippen LogP contribution < -0.4 is 4.74 Å². The van der Waals surface area contributed by atoms with Gasteiger partial charge < -0.3 is 14.3 Å². The van der Waals surface area contributed by atoms with Crippen LogP contribution in [0.5, 0.6) is 11.6 Å². The average Bonchev–Trinajstić information content (AvgIpc) is 2.69. The van der Waals surface area contributed by atoms with Crippen molar-refractivity contribution in [3.63, 3.8) is 0 Å². The molecule has 0 saturated carbocycles. The van der Waals surface area contributed by atoms with Crippen LogP contribution in [-0.2, 0) is 9.53 Å². The van der Waals surface area contributed by atoms with Crippen molar-refractivity contribution in [3.05, 3.63) is 64.8 Å². The third-order valence-corrected chi connectivity index (χ3v) is 4.76. The van der Waals surface area contributed by atoms with Crippen molar-refractivity contribution in [1.29, 1.82) is 0 Å². The molecule has 1 aromatic carbocycles. The molecule has 0 amide bonds. The zero-order valence-electron chi connectivity index (χ0n) is 16.2. The third-order valence-electron chi connectivity index (χ3n) is 4.47. The molecule has 0 saturated heterocycles. The molecule has 0 radical (unpaired) electrons. The van der Waals surface area contributed by atoms with Gasteiger partial charge in [-0.05, 0) is 54.2 Å². The summed E-state index contributed by atoms with van der Waals surface area (Å²) >= 11 is 6.41. The number of Topliss-reactive ketones (excluding diaryl/α,β-unsaturated/α-hetero) is 1. The number of hydrogen-bond donors (Lipinski definition) is 0. The molecule has 5 heteroatoms. The maximum Gasteiger partial charge on any atom is 0.219 e. The number of aromatic nitrogens is 1. The lowest BCUT2D eigenvalue weighted by Gasteiger charge is -2.15. The van der Waals surface area contributed by atoms with Crippen LogP contribution in [0.3, 0.4) is 0 Å². The normalized spacial score (nSPS) is 15.3. The topological polar surface area (TPSA) is 48.4 Å². The van der Waals surface area contributed by atoms with Gasteiger partial charge in [-0.25, -0.2) is 4.98 Å². The van der Waals surface area contributed by atoms with Crippen LogP contribution in [0.2, 0.25) is 5.02 Å². The fourth-order valence-corrected chi connectivity index (χ4v) is 3.25. The lowest BCUT2D eigenvalue weighted by atomic mass is 10.0. The van der Waals surface area contributed by atoms with E-state index in [-0.39, 0.29) is 11.7 Å². The van der Waals surface area contributed by atoms with Crippen LogP contribution in [0.15, 0.2) is 48.7 Å². The van der Waals surface area contributed by atoms with E-state index < -0.39 is 0 Å². The highest BCUT2D eigenvalue weighted by Crippen LogP contribution is 2.32. The number of pyridine rings is 1. The van der Waals surface area contributed by atoms with E-state index in [2.05, 4.69) is 11.1 Å². The Hall–Kier alpha value is -2.43. The molecule has 28 heavy (non-hydrogen) atoms. The van der Waals surface area contributed by atoms with Crippen molar-refractivity contribution in [3.8, 4) is 11.6 Å². The Morgan fingerprint density at radius 1 is 1.36 bits per heavy atom. The SMILES string of the molecule is CC(=O)C[C@@H](C)/C=C/c1ccc(Oc2ccc(C3=CCOCC3)cc2Cl)nc1. The summed E-state index contributed by atoms with van der Waals surface area (Å²) in [6, 6.07) is 9.52. The van der Waals surface area contributed by atoms with Crippen molar-refractivity contribution in [2.24, 2.45) is 5.92 Å². The second-order valence-corrected chi connectivity index (χ2v) is 7.38. The van der Waals surface area contributed by atoms with Crippen LogP contribution in [0.4, 0.5) is 0 Å². The van der Waals surface area contributed by atoms with Crippen molar-refractivity contribution in [2.75, 3.05) is 13.2 Å². The number of ketones is 1. The minimum Gasteiger partial charge on any atom is -0.437 e. The summed E-state index contributed by atoms with van der Waals surface area (Å²) in [5, 5.41) is 0.550. The van der Waals surface area contributed by atoms with E-state index in [9.17, 15) is 4.79 Å². The maximum atomic E-state index is 11.1. The van der Waals surface area contributed by atoms with Crippen molar-refractivity contribution >= 4 is 29.0 Å². The van der Waals surface area contributed by atoms with Crippen molar-refractivity contribution < 1.29 is 14.3 Å². The van der Waals surface area contributed by atoms with Gasteiger partial charge in [-0.3, -0.25) is 0 Å². The van der Waals surface area contributed by atoms with Crippen molar-refractivity contribution in [2.45, 2.75) is 26.7 Å². The zero-order chi connectivity index (χ0) is 19.9. The summed E-state index contributed by atoms with van der Waals surface area (Å²) in [5.41, 5.74) is 3.29. The van der Waals surface area contributed by atoms with Gasteiger partial charge in [-0.15, -0.1) is 0 Å². The number of rotatable bonds is 7. The van der Waals surface area contributed by atoms with E-state index in [1.807, 2.05) is 43.3 Å². The van der Waals surface area contributed by atoms with E-state index in [4.69, 9.17) is 21.1 Å². The second kappa shape index (κ2) is 9.67. The maximum absolute atomic E-state index is 11.1. The highest BCUT2D eigenvalue weighted by Gasteiger charge is 2.10. The number of benzene rings is 1. The average molecular weight is 398 g/mol. The zero-order valence-corrected chi connectivity index (χ0v) is 16.9. The molecule has 0 fully saturated rings. The molecule has 0 aliphatic carbocycles. The van der Waals surface area contributed by atoms with Crippen LogP contribution in [0, 0.1) is 5.92 Å². The van der Waals surface area contributed by atoms with Gasteiger partial charge in [0.05, 0.1) is 18.2 Å². The summed E-state index contributed by atoms with van der Waals surface area (Å²) in [4.78, 5) is 15.5. The Balaban J connectivity index is 1.64. The smallest absolute Gasteiger partial charge is 0.219 e. The predicted molar refractivity (Wildman–Crippen MR) is 113 cm³/mol. The monoisotopic (exact) mass is 397 g/mol. The first kappa shape index (κ1) is 20.3. The van der Waals surface area contributed by atoms with Gasteiger partial charge in [0.1, 0.15) is 11.5 Å². The molecule has 2 aromatic rings. The number of ether oxygens (including phenoxy) is 2. The van der Waals surface area contributed by atoms with E-state index >= 15 is 0 Å². The lowest BCUT2D eigenvalue weighted by Crippen LogP contribution is -2.03. The highest BCUT2D eigenvalue weighted by molar-refractivity contribution is 6.32. The second-order valence-electron chi connectivity index (χ2n) is 6.97. The largest absolute Gasteiger partial charge is 0.437 e. The molecule has 1 aliphatic heterocycles. The molecule has 0 N–H and O–H groups in total. The first-order valence-corrected chi connectivity index (χ1v) is 9.77. The summed E-state index contributed by atoms with van der Waals surface area (Å²) in [6.07, 6.45) is 9.23. The number of hydrogen-bond acceptors (Lipinski definition) is 4. The van der Waals surface area contributed by atoms with Gasteiger partial charge in [0.15, 0.2) is 0 Å². The molecule has 1 aromatic heterocycles. The molecule has 0 bridgehead atoms. The quantitative estimate of drug-likeness (QED) is 0.578. The minimum absolute atomic E-state index is 0.190. The Morgan fingerprint density at radius 2 is 2.21 bits per heavy atom. The van der Waals surface area contributed by atoms with Crippen LogP contribution in [0.25, 0.3) is 11.6 Å². The molecule has 3 rings (SSSR count). The lowest BCUT2D eigenvalue weighted by molar-refractivity contribution is -0.117. The number of carbonyl (C=O) groups excluding carboxylic acids is 1. The molecule has 0 unspecified atom stereocenters. The number of allylic oxidation sites excluding steroid dienone is 1. The summed E-state index contributed by atoms with van der Waals surface area (Å²) < 4.78 is 11.2. The number of carbonyl (C=O) groups is 1. The Bertz CT molecular complexity index is 887.